The molecule has 0 spiro atoms. The van der Waals surface area contributed by atoms with Gasteiger partial charge in [0.25, 0.3) is 0 Å². The molecule has 55 heavy (non-hydrogen) atoms. The molecule has 8 aromatic rings. The molecule has 3 nitrogen and oxygen atoms in total. The van der Waals surface area contributed by atoms with Crippen molar-refractivity contribution in [1.82, 2.24) is 15.0 Å². The molecule has 0 aliphatic rings. The summed E-state index contributed by atoms with van der Waals surface area (Å²) in [6, 6.07) is 52.3. The zero-order chi connectivity index (χ0) is 37.8. The Bertz CT molecular complexity index is 2570. The van der Waals surface area contributed by atoms with E-state index in [1.165, 1.54) is 49.9 Å². The van der Waals surface area contributed by atoms with Crippen molar-refractivity contribution in [2.75, 3.05) is 0 Å². The third kappa shape index (κ3) is 8.89. The summed E-state index contributed by atoms with van der Waals surface area (Å²) >= 11 is 0. The van der Waals surface area contributed by atoms with Gasteiger partial charge in [0, 0.05) is 24.0 Å². The average Bonchev–Trinajstić information content (AvgIpc) is 3.19. The summed E-state index contributed by atoms with van der Waals surface area (Å²) in [4.78, 5) is 13.7. The van der Waals surface area contributed by atoms with Crippen molar-refractivity contribution in [2.24, 2.45) is 0 Å². The van der Waals surface area contributed by atoms with Crippen LogP contribution in [0.3, 0.4) is 0 Å². The molecule has 0 aliphatic heterocycles. The Morgan fingerprint density at radius 3 is 2.00 bits per heavy atom. The number of pyridine rings is 3. The van der Waals surface area contributed by atoms with Crippen molar-refractivity contribution < 1.29 is 20.1 Å². The van der Waals surface area contributed by atoms with E-state index in [4.69, 9.17) is 0 Å². The third-order valence-corrected chi connectivity index (χ3v) is 9.97. The van der Waals surface area contributed by atoms with E-state index in [0.717, 1.165) is 44.7 Å². The molecule has 0 radical (unpaired) electrons. The molecule has 0 amide bonds. The van der Waals surface area contributed by atoms with Crippen LogP contribution in [0.2, 0.25) is 0 Å². The molecule has 0 fully saturated rings. The second kappa shape index (κ2) is 16.9. The van der Waals surface area contributed by atoms with Crippen LogP contribution in [0.25, 0.3) is 66.7 Å². The van der Waals surface area contributed by atoms with Crippen molar-refractivity contribution in [3.63, 3.8) is 0 Å². The van der Waals surface area contributed by atoms with Gasteiger partial charge in [0.05, 0.1) is 0 Å². The Hall–Kier alpha value is -5.54. The van der Waals surface area contributed by atoms with Crippen LogP contribution < -0.4 is 0 Å². The third-order valence-electron chi connectivity index (χ3n) is 9.97. The fourth-order valence-corrected chi connectivity index (χ4v) is 6.59. The molecule has 0 aliphatic carbocycles. The molecule has 0 saturated carbocycles. The predicted octanol–water partition coefficient (Wildman–Crippen LogP) is 13.0. The first-order valence-corrected chi connectivity index (χ1v) is 18.4. The number of nitrogens with zero attached hydrogens (tertiary/aromatic N) is 3. The minimum absolute atomic E-state index is 0. The largest absolute Gasteiger partial charge is 3.00 e. The summed E-state index contributed by atoms with van der Waals surface area (Å²) in [7, 11) is 0. The van der Waals surface area contributed by atoms with Gasteiger partial charge < -0.3 is 9.97 Å². The second-order valence-electron chi connectivity index (χ2n) is 14.9. The maximum atomic E-state index is 4.64. The molecule has 3 heterocycles. The number of benzene rings is 5. The minimum Gasteiger partial charge on any atom is -0.341 e. The first kappa shape index (κ1) is 39.2. The summed E-state index contributed by atoms with van der Waals surface area (Å²) in [5.41, 5.74) is 17.0. The molecule has 0 N–H and O–H groups in total. The maximum Gasteiger partial charge on any atom is 3.00 e. The number of hydrogen-bond donors (Lipinski definition) is 0. The van der Waals surface area contributed by atoms with Crippen molar-refractivity contribution in [1.29, 1.82) is 0 Å². The zero-order valence-electron chi connectivity index (χ0n) is 32.5. The van der Waals surface area contributed by atoms with Crippen LogP contribution in [0, 0.1) is 45.9 Å². The van der Waals surface area contributed by atoms with Gasteiger partial charge in [-0.1, -0.05) is 113 Å². The smallest absolute Gasteiger partial charge is 0.341 e. The Labute approximate surface area is 340 Å². The standard InChI is InChI=1S/C31H27N2.C20H17N.Ir/c1-21-8-10-22(11-9-21)26-12-13-27(28-15-16-32-20-29(26)28)23-6-5-7-24(18-23)30-19-25(14-17-33-30)31(2,3)4;1-14-10-12-20(21-16(14)3)18-11-9-15(2)19(13-18)17-7-5-4-6-8-17;/h5-6,8-20H,1-4H3;4-10,13H,1-3H3;/q-1;-2;+3. The molecule has 8 rings (SSSR count). The molecule has 0 atom stereocenters. The van der Waals surface area contributed by atoms with E-state index in [0.29, 0.717) is 0 Å². The molecule has 0 saturated heterocycles. The Balaban J connectivity index is 0.000000202. The summed E-state index contributed by atoms with van der Waals surface area (Å²) < 4.78 is 0. The van der Waals surface area contributed by atoms with Gasteiger partial charge in [0.15, 0.2) is 0 Å². The zero-order valence-corrected chi connectivity index (χ0v) is 34.8. The number of hydrogen-bond acceptors (Lipinski definition) is 3. The number of fused-ring (bicyclic) bond motifs is 1. The quantitative estimate of drug-likeness (QED) is 0.162. The molecule has 3 aromatic heterocycles. The van der Waals surface area contributed by atoms with Crippen molar-refractivity contribution >= 4 is 10.8 Å². The fourth-order valence-electron chi connectivity index (χ4n) is 6.59. The van der Waals surface area contributed by atoms with E-state index >= 15 is 0 Å². The van der Waals surface area contributed by atoms with E-state index in [9.17, 15) is 0 Å². The molecule has 0 bridgehead atoms. The van der Waals surface area contributed by atoms with Crippen molar-refractivity contribution in [3.8, 4) is 55.9 Å². The van der Waals surface area contributed by atoms with Crippen LogP contribution in [0.5, 0.6) is 0 Å². The molecule has 5 aromatic carbocycles. The van der Waals surface area contributed by atoms with Gasteiger partial charge in [-0.25, -0.2) is 17.7 Å². The van der Waals surface area contributed by atoms with Crippen molar-refractivity contribution in [3.05, 3.63) is 186 Å². The summed E-state index contributed by atoms with van der Waals surface area (Å²) in [5.74, 6) is 0. The SMILES string of the molecule is Cc1c[c-]c(-c2[c-]cc(C)c(C)n2)cc1-c1ccccc1.Cc1ccc(-c2ccc(-c3cc[c-]c(-c4cc(C(C)(C)C)ccn4)c3)c3ccncc23)cc1.[Ir+3]. The van der Waals surface area contributed by atoms with Gasteiger partial charge in [-0.15, -0.1) is 57.8 Å². The van der Waals surface area contributed by atoms with E-state index in [1.807, 2.05) is 49.8 Å². The number of aromatic nitrogens is 3. The van der Waals surface area contributed by atoms with E-state index in [1.54, 1.807) is 0 Å². The fraction of sp³-hybridized carbons (Fsp3) is 0.157. The van der Waals surface area contributed by atoms with Crippen LogP contribution in [0.1, 0.15) is 48.7 Å². The summed E-state index contributed by atoms with van der Waals surface area (Å²) in [6.07, 6.45) is 5.74. The average molecular weight is 891 g/mol. The van der Waals surface area contributed by atoms with Crippen LogP contribution >= 0.6 is 0 Å². The molecular weight excluding hydrogens is 847 g/mol. The number of aryl methyl sites for hydroxylation is 4. The normalized spacial score (nSPS) is 11.0. The molecule has 0 unspecified atom stereocenters. The minimum atomic E-state index is 0. The predicted molar refractivity (Wildman–Crippen MR) is 225 cm³/mol. The first-order chi connectivity index (χ1) is 26.0. The molecular formula is C51H44IrN3. The van der Waals surface area contributed by atoms with Gasteiger partial charge in [0.2, 0.25) is 0 Å². The monoisotopic (exact) mass is 891 g/mol. The second-order valence-corrected chi connectivity index (χ2v) is 14.9. The van der Waals surface area contributed by atoms with Crippen LogP contribution in [-0.2, 0) is 25.5 Å². The van der Waals surface area contributed by atoms with E-state index in [2.05, 4.69) is 172 Å². The van der Waals surface area contributed by atoms with Gasteiger partial charge >= 0.3 is 20.1 Å². The van der Waals surface area contributed by atoms with Gasteiger partial charge in [-0.3, -0.25) is 4.98 Å². The van der Waals surface area contributed by atoms with Crippen LogP contribution in [-0.4, -0.2) is 15.0 Å². The molecule has 272 valence electrons. The maximum absolute atomic E-state index is 4.64. The molecule has 4 heteroatoms. The Kier molecular flexibility index (Phi) is 12.0. The van der Waals surface area contributed by atoms with Crippen LogP contribution in [0.15, 0.2) is 140 Å². The summed E-state index contributed by atoms with van der Waals surface area (Å²) in [5, 5.41) is 2.35. The van der Waals surface area contributed by atoms with Crippen LogP contribution in [0.4, 0.5) is 0 Å². The van der Waals surface area contributed by atoms with Gasteiger partial charge in [0.1, 0.15) is 0 Å². The summed E-state index contributed by atoms with van der Waals surface area (Å²) in [6.45, 7) is 15.0. The first-order valence-electron chi connectivity index (χ1n) is 18.4. The van der Waals surface area contributed by atoms with Crippen molar-refractivity contribution in [2.45, 2.75) is 53.9 Å². The Morgan fingerprint density at radius 1 is 0.564 bits per heavy atom. The van der Waals surface area contributed by atoms with E-state index < -0.39 is 0 Å². The van der Waals surface area contributed by atoms with E-state index in [-0.39, 0.29) is 25.5 Å². The van der Waals surface area contributed by atoms with Gasteiger partial charge in [-0.05, 0) is 76.0 Å². The number of rotatable bonds is 5. The van der Waals surface area contributed by atoms with Gasteiger partial charge in [-0.2, -0.15) is 18.2 Å². The topological polar surface area (TPSA) is 38.7 Å². The Morgan fingerprint density at radius 2 is 1.27 bits per heavy atom.